The summed E-state index contributed by atoms with van der Waals surface area (Å²) in [4.78, 5) is 11.1. The van der Waals surface area contributed by atoms with Crippen LogP contribution < -0.4 is 5.32 Å². The van der Waals surface area contributed by atoms with Crippen molar-refractivity contribution in [3.63, 3.8) is 0 Å². The lowest BCUT2D eigenvalue weighted by molar-refractivity contribution is 0.250. The van der Waals surface area contributed by atoms with Crippen LogP contribution in [0.25, 0.3) is 0 Å². The minimum atomic E-state index is 0.377. The summed E-state index contributed by atoms with van der Waals surface area (Å²) in [6.45, 7) is 6.52. The molecule has 1 unspecified atom stereocenters. The van der Waals surface area contributed by atoms with Crippen LogP contribution in [0.1, 0.15) is 38.2 Å². The Morgan fingerprint density at radius 1 is 1.35 bits per heavy atom. The molecule has 0 spiro atoms. The van der Waals surface area contributed by atoms with Gasteiger partial charge in [-0.05, 0) is 51.8 Å². The molecule has 4 heteroatoms. The highest BCUT2D eigenvalue weighted by Gasteiger charge is 2.19. The van der Waals surface area contributed by atoms with Gasteiger partial charge in [-0.15, -0.1) is 0 Å². The summed E-state index contributed by atoms with van der Waals surface area (Å²) in [5, 5.41) is 3.21. The molecule has 0 bridgehead atoms. The number of nitrogens with zero attached hydrogens (tertiary/aromatic N) is 3. The van der Waals surface area contributed by atoms with Gasteiger partial charge < -0.3 is 10.2 Å². The van der Waals surface area contributed by atoms with E-state index in [1.165, 1.54) is 24.9 Å². The quantitative estimate of drug-likeness (QED) is 0.869. The molecule has 1 aliphatic rings. The summed E-state index contributed by atoms with van der Waals surface area (Å²) in [6.07, 6.45) is 6.47. The monoisotopic (exact) mass is 234 g/mol. The minimum Gasteiger partial charge on any atom is -0.352 e. The van der Waals surface area contributed by atoms with Gasteiger partial charge in [0.25, 0.3) is 0 Å². The van der Waals surface area contributed by atoms with Crippen LogP contribution in [0, 0.1) is 0 Å². The van der Waals surface area contributed by atoms with Crippen LogP contribution in [0.2, 0.25) is 0 Å². The second-order valence-corrected chi connectivity index (χ2v) is 5.24. The van der Waals surface area contributed by atoms with Crippen molar-refractivity contribution in [3.8, 4) is 0 Å². The first-order valence-electron chi connectivity index (χ1n) is 6.42. The van der Waals surface area contributed by atoms with Crippen LogP contribution in [0.5, 0.6) is 0 Å². The van der Waals surface area contributed by atoms with Gasteiger partial charge in [0.15, 0.2) is 0 Å². The fourth-order valence-corrected chi connectivity index (χ4v) is 2.32. The van der Waals surface area contributed by atoms with Crippen LogP contribution in [0.15, 0.2) is 12.4 Å². The van der Waals surface area contributed by atoms with Crippen molar-refractivity contribution in [3.05, 3.63) is 18.0 Å². The van der Waals surface area contributed by atoms with Crippen molar-refractivity contribution >= 4 is 5.95 Å². The van der Waals surface area contributed by atoms with Gasteiger partial charge in [-0.2, -0.15) is 0 Å². The minimum absolute atomic E-state index is 0.377. The fourth-order valence-electron chi connectivity index (χ4n) is 2.32. The first kappa shape index (κ1) is 12.3. The maximum absolute atomic E-state index is 4.38. The highest BCUT2D eigenvalue weighted by atomic mass is 15.1. The van der Waals surface area contributed by atoms with Crippen molar-refractivity contribution in [2.45, 2.75) is 38.6 Å². The summed E-state index contributed by atoms with van der Waals surface area (Å²) < 4.78 is 0. The van der Waals surface area contributed by atoms with Gasteiger partial charge >= 0.3 is 0 Å². The molecule has 1 fully saturated rings. The molecule has 1 aliphatic heterocycles. The van der Waals surface area contributed by atoms with E-state index in [1.807, 2.05) is 12.4 Å². The van der Waals surface area contributed by atoms with E-state index in [9.17, 15) is 0 Å². The van der Waals surface area contributed by atoms with Crippen molar-refractivity contribution in [2.75, 3.05) is 25.5 Å². The molecular weight excluding hydrogens is 212 g/mol. The average molecular weight is 234 g/mol. The van der Waals surface area contributed by atoms with Gasteiger partial charge in [-0.3, -0.25) is 0 Å². The van der Waals surface area contributed by atoms with Crippen molar-refractivity contribution in [2.24, 2.45) is 0 Å². The van der Waals surface area contributed by atoms with E-state index in [4.69, 9.17) is 0 Å². The number of nitrogens with one attached hydrogen (secondary N) is 1. The summed E-state index contributed by atoms with van der Waals surface area (Å²) in [5.74, 6) is 1.33. The Kier molecular flexibility index (Phi) is 3.94. The maximum atomic E-state index is 4.38. The van der Waals surface area contributed by atoms with E-state index in [-0.39, 0.29) is 0 Å². The maximum Gasteiger partial charge on any atom is 0.222 e. The molecule has 0 saturated carbocycles. The number of hydrogen-bond donors (Lipinski definition) is 1. The molecule has 0 amide bonds. The number of piperidine rings is 1. The Bertz CT molecular complexity index is 347. The third-order valence-electron chi connectivity index (χ3n) is 3.19. The van der Waals surface area contributed by atoms with Gasteiger partial charge in [0.05, 0.1) is 0 Å². The highest BCUT2D eigenvalue weighted by Crippen LogP contribution is 2.25. The Labute approximate surface area is 103 Å². The number of rotatable bonds is 3. The van der Waals surface area contributed by atoms with Crippen LogP contribution in [-0.4, -0.2) is 41.0 Å². The first-order chi connectivity index (χ1) is 8.15. The second-order valence-electron chi connectivity index (χ2n) is 5.24. The van der Waals surface area contributed by atoms with E-state index in [1.54, 1.807) is 0 Å². The lowest BCUT2D eigenvalue weighted by atomic mass is 9.93. The van der Waals surface area contributed by atoms with Gasteiger partial charge in [0.2, 0.25) is 5.95 Å². The number of likely N-dealkylation sites (tertiary alicyclic amines) is 1. The molecule has 0 radical (unpaired) electrons. The first-order valence-corrected chi connectivity index (χ1v) is 6.42. The SMILES string of the molecule is CC(C)Nc1ncc(C2CCCN(C)C2)cn1. The smallest absolute Gasteiger partial charge is 0.222 e. The molecule has 0 aliphatic carbocycles. The van der Waals surface area contributed by atoms with E-state index in [0.717, 1.165) is 12.5 Å². The summed E-state index contributed by atoms with van der Waals surface area (Å²) in [6, 6.07) is 0.377. The van der Waals surface area contributed by atoms with E-state index < -0.39 is 0 Å². The molecular formula is C13H22N4. The number of aromatic nitrogens is 2. The molecule has 94 valence electrons. The lowest BCUT2D eigenvalue weighted by Gasteiger charge is -2.29. The van der Waals surface area contributed by atoms with Crippen LogP contribution in [-0.2, 0) is 0 Å². The molecule has 1 atom stereocenters. The highest BCUT2D eigenvalue weighted by molar-refractivity contribution is 5.27. The number of hydrogen-bond acceptors (Lipinski definition) is 4. The summed E-state index contributed by atoms with van der Waals surface area (Å²) in [5.41, 5.74) is 1.27. The van der Waals surface area contributed by atoms with Gasteiger partial charge in [0.1, 0.15) is 0 Å². The van der Waals surface area contributed by atoms with Gasteiger partial charge in [-0.25, -0.2) is 9.97 Å². The predicted molar refractivity (Wildman–Crippen MR) is 70.3 cm³/mol. The predicted octanol–water partition coefficient (Wildman–Crippen LogP) is 2.11. The molecule has 1 aromatic heterocycles. The normalized spacial score (nSPS) is 21.8. The Morgan fingerprint density at radius 3 is 2.65 bits per heavy atom. The standard InChI is InChI=1S/C13H22N4/c1-10(2)16-13-14-7-12(8-15-13)11-5-4-6-17(3)9-11/h7-8,10-11H,4-6,9H2,1-3H3,(H,14,15,16). The van der Waals surface area contributed by atoms with E-state index >= 15 is 0 Å². The van der Waals surface area contributed by atoms with Crippen molar-refractivity contribution in [1.82, 2.24) is 14.9 Å². The zero-order valence-electron chi connectivity index (χ0n) is 11.0. The molecule has 0 aromatic carbocycles. The zero-order valence-corrected chi connectivity index (χ0v) is 11.0. The molecule has 2 heterocycles. The van der Waals surface area contributed by atoms with Crippen LogP contribution in [0.3, 0.4) is 0 Å². The van der Waals surface area contributed by atoms with E-state index in [0.29, 0.717) is 12.0 Å². The topological polar surface area (TPSA) is 41.1 Å². The number of likely N-dealkylation sites (N-methyl/N-ethyl adjacent to an activating group) is 1. The Morgan fingerprint density at radius 2 is 2.06 bits per heavy atom. The third kappa shape index (κ3) is 3.40. The van der Waals surface area contributed by atoms with Crippen molar-refractivity contribution < 1.29 is 0 Å². The molecule has 1 saturated heterocycles. The molecule has 1 aromatic rings. The zero-order chi connectivity index (χ0) is 12.3. The van der Waals surface area contributed by atoms with Gasteiger partial charge in [0, 0.05) is 25.0 Å². The summed E-state index contributed by atoms with van der Waals surface area (Å²) in [7, 11) is 2.18. The second kappa shape index (κ2) is 5.45. The lowest BCUT2D eigenvalue weighted by Crippen LogP contribution is -2.30. The average Bonchev–Trinajstić information content (AvgIpc) is 2.29. The van der Waals surface area contributed by atoms with Gasteiger partial charge in [-0.1, -0.05) is 0 Å². The van der Waals surface area contributed by atoms with E-state index in [2.05, 4.69) is 41.1 Å². The molecule has 1 N–H and O–H groups in total. The Hall–Kier alpha value is -1.16. The molecule has 4 nitrogen and oxygen atoms in total. The molecule has 2 rings (SSSR count). The van der Waals surface area contributed by atoms with Crippen LogP contribution >= 0.6 is 0 Å². The van der Waals surface area contributed by atoms with Crippen LogP contribution in [0.4, 0.5) is 5.95 Å². The largest absolute Gasteiger partial charge is 0.352 e. The third-order valence-corrected chi connectivity index (χ3v) is 3.19. The van der Waals surface area contributed by atoms with Crippen molar-refractivity contribution in [1.29, 1.82) is 0 Å². The Balaban J connectivity index is 2.01. The summed E-state index contributed by atoms with van der Waals surface area (Å²) >= 11 is 0. The number of anilines is 1. The fraction of sp³-hybridized carbons (Fsp3) is 0.692. The molecule has 17 heavy (non-hydrogen) atoms.